The van der Waals surface area contributed by atoms with Crippen molar-refractivity contribution in [3.8, 4) is 0 Å². The van der Waals surface area contributed by atoms with Gasteiger partial charge in [0.15, 0.2) is 0 Å². The van der Waals surface area contributed by atoms with Gasteiger partial charge in [0.1, 0.15) is 11.6 Å². The number of aryl methyl sites for hydroxylation is 1. The van der Waals surface area contributed by atoms with Crippen LogP contribution in [0.3, 0.4) is 0 Å². The van der Waals surface area contributed by atoms with Crippen molar-refractivity contribution < 1.29 is 8.81 Å². The second-order valence-corrected chi connectivity index (χ2v) is 4.47. The van der Waals surface area contributed by atoms with Crippen LogP contribution in [0.2, 0.25) is 0 Å². The lowest BCUT2D eigenvalue weighted by molar-refractivity contribution is 0.413. The molecule has 0 radical (unpaired) electrons. The zero-order valence-corrected chi connectivity index (χ0v) is 11.3. The lowest BCUT2D eigenvalue weighted by atomic mass is 10.0. The topological polar surface area (TPSA) is 38.1 Å². The van der Waals surface area contributed by atoms with Gasteiger partial charge < -0.3 is 9.73 Å². The van der Waals surface area contributed by atoms with Crippen molar-refractivity contribution >= 4 is 0 Å². The van der Waals surface area contributed by atoms with Crippen LogP contribution in [0.4, 0.5) is 4.39 Å². The van der Waals surface area contributed by atoms with E-state index in [1.165, 1.54) is 12.1 Å². The van der Waals surface area contributed by atoms with Crippen LogP contribution in [-0.4, -0.2) is 4.98 Å². The highest BCUT2D eigenvalue weighted by Gasteiger charge is 2.10. The maximum atomic E-state index is 12.9. The molecule has 1 aromatic carbocycles. The molecule has 0 saturated carbocycles. The van der Waals surface area contributed by atoms with Gasteiger partial charge in [0.2, 0.25) is 5.89 Å². The summed E-state index contributed by atoms with van der Waals surface area (Å²) >= 11 is 0. The van der Waals surface area contributed by atoms with Gasteiger partial charge >= 0.3 is 0 Å². The van der Waals surface area contributed by atoms with Crippen LogP contribution in [0.5, 0.6) is 0 Å². The van der Waals surface area contributed by atoms with E-state index in [1.807, 2.05) is 19.1 Å². The molecular weight excluding hydrogens is 243 g/mol. The molecule has 19 heavy (non-hydrogen) atoms. The number of nitrogens with one attached hydrogen (secondary N) is 1. The van der Waals surface area contributed by atoms with Crippen molar-refractivity contribution in [1.29, 1.82) is 0 Å². The van der Waals surface area contributed by atoms with Crippen LogP contribution in [0.15, 0.2) is 34.9 Å². The number of rotatable bonds is 6. The predicted octanol–water partition coefficient (Wildman–Crippen LogP) is 3.62. The maximum Gasteiger partial charge on any atom is 0.208 e. The fraction of sp³-hybridized carbons (Fsp3) is 0.400. The van der Waals surface area contributed by atoms with Crippen molar-refractivity contribution in [2.75, 3.05) is 0 Å². The average molecular weight is 262 g/mol. The van der Waals surface area contributed by atoms with Gasteiger partial charge in [-0.15, -0.1) is 0 Å². The molecule has 1 N–H and O–H groups in total. The smallest absolute Gasteiger partial charge is 0.208 e. The van der Waals surface area contributed by atoms with E-state index in [9.17, 15) is 4.39 Å². The Labute approximate surface area is 112 Å². The first kappa shape index (κ1) is 13.7. The third-order valence-electron chi connectivity index (χ3n) is 3.13. The summed E-state index contributed by atoms with van der Waals surface area (Å²) in [5.74, 6) is 1.38. The number of nitrogens with zero attached hydrogens (tertiary/aromatic N) is 1. The predicted molar refractivity (Wildman–Crippen MR) is 72.2 cm³/mol. The number of halogens is 1. The van der Waals surface area contributed by atoms with Crippen molar-refractivity contribution in [2.24, 2.45) is 0 Å². The van der Waals surface area contributed by atoms with E-state index >= 15 is 0 Å². The van der Waals surface area contributed by atoms with Gasteiger partial charge in [-0.25, -0.2) is 9.37 Å². The van der Waals surface area contributed by atoms with Gasteiger partial charge in [-0.05, 0) is 24.1 Å². The minimum Gasteiger partial charge on any atom is -0.444 e. The zero-order chi connectivity index (χ0) is 13.7. The van der Waals surface area contributed by atoms with Gasteiger partial charge in [-0.3, -0.25) is 0 Å². The second-order valence-electron chi connectivity index (χ2n) is 4.47. The van der Waals surface area contributed by atoms with E-state index in [0.717, 1.165) is 24.2 Å². The summed E-state index contributed by atoms with van der Waals surface area (Å²) in [7, 11) is 0. The number of oxazole rings is 1. The Morgan fingerprint density at radius 3 is 2.58 bits per heavy atom. The fourth-order valence-corrected chi connectivity index (χ4v) is 2.00. The highest BCUT2D eigenvalue weighted by atomic mass is 19.1. The number of hydrogen-bond acceptors (Lipinski definition) is 3. The maximum absolute atomic E-state index is 12.9. The van der Waals surface area contributed by atoms with E-state index in [2.05, 4.69) is 17.2 Å². The number of aromatic nitrogens is 1. The largest absolute Gasteiger partial charge is 0.444 e. The number of hydrogen-bond donors (Lipinski definition) is 1. The molecule has 3 nitrogen and oxygen atoms in total. The molecule has 1 heterocycles. The molecule has 0 aliphatic rings. The Balaban J connectivity index is 1.97. The monoisotopic (exact) mass is 262 g/mol. The SMILES string of the molecule is CCc1cnc(CNC(CC)c2ccc(F)cc2)o1. The average Bonchev–Trinajstić information content (AvgIpc) is 2.89. The Kier molecular flexibility index (Phi) is 4.68. The fourth-order valence-electron chi connectivity index (χ4n) is 2.00. The first-order chi connectivity index (χ1) is 9.22. The van der Waals surface area contributed by atoms with Crippen molar-refractivity contribution in [3.63, 3.8) is 0 Å². The standard InChI is InChI=1S/C15H19FN2O/c1-3-13-9-18-15(19-13)10-17-14(4-2)11-5-7-12(16)8-6-11/h5-9,14,17H,3-4,10H2,1-2H3. The van der Waals surface area contributed by atoms with Crippen LogP contribution < -0.4 is 5.32 Å². The molecule has 0 saturated heterocycles. The summed E-state index contributed by atoms with van der Waals surface area (Å²) in [4.78, 5) is 4.21. The highest BCUT2D eigenvalue weighted by molar-refractivity contribution is 5.19. The molecule has 0 amide bonds. The molecule has 0 aliphatic carbocycles. The molecule has 2 rings (SSSR count). The van der Waals surface area contributed by atoms with Crippen molar-refractivity contribution in [3.05, 3.63) is 53.5 Å². The molecule has 1 aromatic heterocycles. The normalized spacial score (nSPS) is 12.6. The summed E-state index contributed by atoms with van der Waals surface area (Å²) < 4.78 is 18.5. The summed E-state index contributed by atoms with van der Waals surface area (Å²) in [6.07, 6.45) is 3.53. The minimum absolute atomic E-state index is 0.178. The third-order valence-corrected chi connectivity index (χ3v) is 3.13. The quantitative estimate of drug-likeness (QED) is 0.864. The van der Waals surface area contributed by atoms with Crippen LogP contribution in [0.25, 0.3) is 0 Å². The van der Waals surface area contributed by atoms with Crippen LogP contribution in [0, 0.1) is 5.82 Å². The Hall–Kier alpha value is -1.68. The lowest BCUT2D eigenvalue weighted by Crippen LogP contribution is -2.20. The van der Waals surface area contributed by atoms with Gasteiger partial charge in [0.25, 0.3) is 0 Å². The molecule has 0 aliphatic heterocycles. The van der Waals surface area contributed by atoms with E-state index in [1.54, 1.807) is 6.20 Å². The summed E-state index contributed by atoms with van der Waals surface area (Å²) in [5.41, 5.74) is 1.08. The van der Waals surface area contributed by atoms with Crippen LogP contribution in [0.1, 0.15) is 43.5 Å². The van der Waals surface area contributed by atoms with E-state index in [0.29, 0.717) is 12.4 Å². The molecule has 102 valence electrons. The summed E-state index contributed by atoms with van der Waals surface area (Å²) in [5, 5.41) is 3.38. The summed E-state index contributed by atoms with van der Waals surface area (Å²) in [6.45, 7) is 4.70. The molecule has 0 bridgehead atoms. The van der Waals surface area contributed by atoms with Gasteiger partial charge in [0, 0.05) is 12.5 Å². The van der Waals surface area contributed by atoms with Gasteiger partial charge in [-0.2, -0.15) is 0 Å². The molecule has 0 fully saturated rings. The lowest BCUT2D eigenvalue weighted by Gasteiger charge is -2.16. The number of benzene rings is 1. The van der Waals surface area contributed by atoms with E-state index in [4.69, 9.17) is 4.42 Å². The molecule has 0 spiro atoms. The van der Waals surface area contributed by atoms with Crippen LogP contribution >= 0.6 is 0 Å². The molecule has 4 heteroatoms. The summed E-state index contributed by atoms with van der Waals surface area (Å²) in [6, 6.07) is 6.77. The van der Waals surface area contributed by atoms with Gasteiger partial charge in [-0.1, -0.05) is 26.0 Å². The molecule has 2 aromatic rings. The molecular formula is C15H19FN2O. The molecule has 1 atom stereocenters. The Morgan fingerprint density at radius 2 is 2.00 bits per heavy atom. The van der Waals surface area contributed by atoms with Crippen molar-refractivity contribution in [1.82, 2.24) is 10.3 Å². The third kappa shape index (κ3) is 3.64. The first-order valence-corrected chi connectivity index (χ1v) is 6.65. The molecule has 1 unspecified atom stereocenters. The Morgan fingerprint density at radius 1 is 1.26 bits per heavy atom. The second kappa shape index (κ2) is 6.48. The van der Waals surface area contributed by atoms with Gasteiger partial charge in [0.05, 0.1) is 12.7 Å². The highest BCUT2D eigenvalue weighted by Crippen LogP contribution is 2.17. The van der Waals surface area contributed by atoms with E-state index in [-0.39, 0.29) is 11.9 Å². The van der Waals surface area contributed by atoms with Crippen molar-refractivity contribution in [2.45, 2.75) is 39.3 Å². The van der Waals surface area contributed by atoms with Crippen LogP contribution in [-0.2, 0) is 13.0 Å². The first-order valence-electron chi connectivity index (χ1n) is 6.65. The minimum atomic E-state index is -0.209. The Bertz CT molecular complexity index is 507. The van der Waals surface area contributed by atoms with E-state index < -0.39 is 0 Å². The zero-order valence-electron chi connectivity index (χ0n) is 11.3.